The predicted molar refractivity (Wildman–Crippen MR) is 117 cm³/mol. The summed E-state index contributed by atoms with van der Waals surface area (Å²) >= 11 is 0. The number of benzene rings is 2. The molecule has 0 amide bonds. The van der Waals surface area contributed by atoms with E-state index in [0.717, 1.165) is 42.4 Å². The van der Waals surface area contributed by atoms with Crippen molar-refractivity contribution >= 4 is 0 Å². The number of H-pyrrole nitrogens is 1. The van der Waals surface area contributed by atoms with E-state index in [1.807, 2.05) is 18.2 Å². The summed E-state index contributed by atoms with van der Waals surface area (Å²) in [6, 6.07) is 15.3. The normalized spacial score (nSPS) is 19.1. The summed E-state index contributed by atoms with van der Waals surface area (Å²) in [6.45, 7) is 0. The number of aromatic amines is 1. The molecule has 0 atom stereocenters. The van der Waals surface area contributed by atoms with Crippen molar-refractivity contribution in [3.05, 3.63) is 103 Å². The molecule has 1 aliphatic rings. The first-order chi connectivity index (χ1) is 15.2. The highest BCUT2D eigenvalue weighted by molar-refractivity contribution is 5.33. The maximum atomic E-state index is 13.1. The van der Waals surface area contributed by atoms with E-state index in [2.05, 4.69) is 17.1 Å². The Morgan fingerprint density at radius 1 is 0.938 bits per heavy atom. The average Bonchev–Trinajstić information content (AvgIpc) is 2.80. The second-order valence-electron chi connectivity index (χ2n) is 8.52. The van der Waals surface area contributed by atoms with Crippen molar-refractivity contribution in [2.24, 2.45) is 7.05 Å². The molecule has 0 bridgehead atoms. The summed E-state index contributed by atoms with van der Waals surface area (Å²) in [6.07, 6.45) is -0.952. The molecule has 4 rings (SSSR count). The van der Waals surface area contributed by atoms with E-state index in [1.54, 1.807) is 6.07 Å². The molecule has 1 saturated carbocycles. The van der Waals surface area contributed by atoms with Crippen LogP contribution in [0.2, 0.25) is 0 Å². The number of halogens is 3. The van der Waals surface area contributed by atoms with E-state index in [9.17, 15) is 22.8 Å². The Morgan fingerprint density at radius 2 is 1.59 bits per heavy atom. The third kappa shape index (κ3) is 4.56. The molecule has 0 spiro atoms. The van der Waals surface area contributed by atoms with Crippen LogP contribution in [0.3, 0.4) is 0 Å². The molecule has 1 fully saturated rings. The molecule has 3 aromatic rings. The lowest BCUT2D eigenvalue weighted by molar-refractivity contribution is -0.137. The van der Waals surface area contributed by atoms with Crippen LogP contribution in [0.5, 0.6) is 0 Å². The number of hydrogen-bond donors (Lipinski definition) is 1. The monoisotopic (exact) mass is 442 g/mol. The van der Waals surface area contributed by atoms with Crippen molar-refractivity contribution in [1.29, 1.82) is 0 Å². The van der Waals surface area contributed by atoms with Gasteiger partial charge in [-0.05, 0) is 54.7 Å². The second kappa shape index (κ2) is 8.81. The van der Waals surface area contributed by atoms with Crippen LogP contribution in [-0.4, -0.2) is 9.55 Å². The standard InChI is InChI=1S/C25H25F3N2O2/c1-30-23(31)21(15-16-6-5-9-20(14-16)25(26,27)28)22(29-24(30)32)19-12-10-18(11-13-19)17-7-3-2-4-8-17/h2-9,14,18-19H,10-13,15H2,1H3,(H,29,32). The van der Waals surface area contributed by atoms with Gasteiger partial charge in [0.05, 0.1) is 5.56 Å². The second-order valence-corrected chi connectivity index (χ2v) is 8.52. The van der Waals surface area contributed by atoms with Crippen LogP contribution in [0.4, 0.5) is 13.2 Å². The lowest BCUT2D eigenvalue weighted by atomic mass is 9.76. The van der Waals surface area contributed by atoms with Gasteiger partial charge in [0, 0.05) is 24.7 Å². The summed E-state index contributed by atoms with van der Waals surface area (Å²) in [5.41, 5.74) is 0.919. The molecule has 4 nitrogen and oxygen atoms in total. The Balaban J connectivity index is 1.64. The number of rotatable bonds is 4. The molecule has 168 valence electrons. The molecule has 32 heavy (non-hydrogen) atoms. The fourth-order valence-corrected chi connectivity index (χ4v) is 4.71. The molecule has 0 saturated heterocycles. The molecule has 0 aliphatic heterocycles. The number of aromatic nitrogens is 2. The van der Waals surface area contributed by atoms with E-state index in [-0.39, 0.29) is 12.3 Å². The smallest absolute Gasteiger partial charge is 0.310 e. The molecule has 1 aliphatic carbocycles. The summed E-state index contributed by atoms with van der Waals surface area (Å²) in [5.74, 6) is 0.426. The number of alkyl halides is 3. The Hall–Kier alpha value is -3.09. The van der Waals surface area contributed by atoms with Crippen LogP contribution >= 0.6 is 0 Å². The van der Waals surface area contributed by atoms with E-state index < -0.39 is 23.0 Å². The number of nitrogens with one attached hydrogen (secondary N) is 1. The van der Waals surface area contributed by atoms with Crippen molar-refractivity contribution < 1.29 is 13.2 Å². The van der Waals surface area contributed by atoms with Gasteiger partial charge in [-0.1, -0.05) is 48.5 Å². The highest BCUT2D eigenvalue weighted by atomic mass is 19.4. The van der Waals surface area contributed by atoms with Gasteiger partial charge in [-0.2, -0.15) is 13.2 Å². The van der Waals surface area contributed by atoms with Gasteiger partial charge in [0.15, 0.2) is 0 Å². The Labute approximate surface area is 183 Å². The molecule has 0 unspecified atom stereocenters. The van der Waals surface area contributed by atoms with Gasteiger partial charge in [-0.3, -0.25) is 9.36 Å². The van der Waals surface area contributed by atoms with Crippen LogP contribution in [0, 0.1) is 0 Å². The fourth-order valence-electron chi connectivity index (χ4n) is 4.71. The minimum atomic E-state index is -4.45. The van der Waals surface area contributed by atoms with Crippen molar-refractivity contribution in [2.45, 2.75) is 50.1 Å². The van der Waals surface area contributed by atoms with Gasteiger partial charge in [0.1, 0.15) is 0 Å². The lowest BCUT2D eigenvalue weighted by Gasteiger charge is -2.30. The van der Waals surface area contributed by atoms with Crippen molar-refractivity contribution in [2.75, 3.05) is 0 Å². The van der Waals surface area contributed by atoms with Gasteiger partial charge in [0.2, 0.25) is 0 Å². The quantitative estimate of drug-likeness (QED) is 0.610. The summed E-state index contributed by atoms with van der Waals surface area (Å²) in [4.78, 5) is 28.1. The van der Waals surface area contributed by atoms with Crippen molar-refractivity contribution in [1.82, 2.24) is 9.55 Å². The summed E-state index contributed by atoms with van der Waals surface area (Å²) in [7, 11) is 1.38. The van der Waals surface area contributed by atoms with Gasteiger partial charge >= 0.3 is 11.9 Å². The molecular formula is C25H25F3N2O2. The van der Waals surface area contributed by atoms with Gasteiger partial charge in [-0.25, -0.2) is 4.79 Å². The molecule has 7 heteroatoms. The fraction of sp³-hybridized carbons (Fsp3) is 0.360. The zero-order valence-electron chi connectivity index (χ0n) is 17.8. The van der Waals surface area contributed by atoms with Crippen LogP contribution in [0.25, 0.3) is 0 Å². The van der Waals surface area contributed by atoms with Crippen LogP contribution in [-0.2, 0) is 19.6 Å². The van der Waals surface area contributed by atoms with Crippen LogP contribution in [0.1, 0.15) is 65.5 Å². The largest absolute Gasteiger partial charge is 0.416 e. The molecular weight excluding hydrogens is 417 g/mol. The molecule has 2 aromatic carbocycles. The Bertz CT molecular complexity index is 1200. The Kier molecular flexibility index (Phi) is 6.09. The minimum Gasteiger partial charge on any atom is -0.310 e. The van der Waals surface area contributed by atoms with E-state index in [4.69, 9.17) is 0 Å². The molecule has 1 N–H and O–H groups in total. The highest BCUT2D eigenvalue weighted by Crippen LogP contribution is 2.40. The zero-order chi connectivity index (χ0) is 22.9. The average molecular weight is 442 g/mol. The van der Waals surface area contributed by atoms with Gasteiger partial charge < -0.3 is 4.98 Å². The van der Waals surface area contributed by atoms with Crippen molar-refractivity contribution in [3.8, 4) is 0 Å². The molecule has 1 aromatic heterocycles. The SMILES string of the molecule is Cn1c(=O)[nH]c(C2CCC(c3ccccc3)CC2)c(Cc2cccc(C(F)(F)F)c2)c1=O. The summed E-state index contributed by atoms with van der Waals surface area (Å²) in [5, 5.41) is 0. The highest BCUT2D eigenvalue weighted by Gasteiger charge is 2.31. The number of nitrogens with zero attached hydrogens (tertiary/aromatic N) is 1. The van der Waals surface area contributed by atoms with Gasteiger partial charge in [0.25, 0.3) is 5.56 Å². The minimum absolute atomic E-state index is 0.00244. The number of hydrogen-bond acceptors (Lipinski definition) is 2. The first kappa shape index (κ1) is 22.1. The van der Waals surface area contributed by atoms with E-state index in [1.165, 1.54) is 18.7 Å². The molecule has 1 heterocycles. The topological polar surface area (TPSA) is 54.9 Å². The zero-order valence-corrected chi connectivity index (χ0v) is 17.8. The Morgan fingerprint density at radius 3 is 2.25 bits per heavy atom. The predicted octanol–water partition coefficient (Wildman–Crippen LogP) is 5.12. The third-order valence-corrected chi connectivity index (χ3v) is 6.48. The van der Waals surface area contributed by atoms with E-state index in [0.29, 0.717) is 22.7 Å². The maximum Gasteiger partial charge on any atom is 0.416 e. The maximum absolute atomic E-state index is 13.1. The molecule has 0 radical (unpaired) electrons. The van der Waals surface area contributed by atoms with Gasteiger partial charge in [-0.15, -0.1) is 0 Å². The van der Waals surface area contributed by atoms with Crippen molar-refractivity contribution in [3.63, 3.8) is 0 Å². The van der Waals surface area contributed by atoms with Crippen LogP contribution in [0.15, 0.2) is 64.2 Å². The summed E-state index contributed by atoms with van der Waals surface area (Å²) < 4.78 is 40.4. The van der Waals surface area contributed by atoms with E-state index >= 15 is 0 Å². The van der Waals surface area contributed by atoms with Crippen LogP contribution < -0.4 is 11.2 Å². The third-order valence-electron chi connectivity index (χ3n) is 6.48. The first-order valence-corrected chi connectivity index (χ1v) is 10.8. The first-order valence-electron chi connectivity index (χ1n) is 10.8. The lowest BCUT2D eigenvalue weighted by Crippen LogP contribution is -2.37.